The van der Waals surface area contributed by atoms with E-state index in [-0.39, 0.29) is 16.4 Å². The van der Waals surface area contributed by atoms with Gasteiger partial charge in [-0.25, -0.2) is 17.5 Å². The highest BCUT2D eigenvalue weighted by Gasteiger charge is 2.18. The number of carbonyl (C=O) groups excluding carboxylic acids is 1. The van der Waals surface area contributed by atoms with Crippen molar-refractivity contribution in [2.45, 2.75) is 17.6 Å². The third-order valence-corrected chi connectivity index (χ3v) is 5.58. The molecule has 7 heteroatoms. The van der Waals surface area contributed by atoms with Gasteiger partial charge in [-0.05, 0) is 36.8 Å². The zero-order chi connectivity index (χ0) is 16.2. The Morgan fingerprint density at radius 2 is 1.91 bits per heavy atom. The number of hydrogen-bond acceptors (Lipinski definition) is 4. The Kier molecular flexibility index (Phi) is 5.10. The molecule has 1 amide bonds. The minimum absolute atomic E-state index is 0.0824. The number of sulfonamides is 1. The van der Waals surface area contributed by atoms with Crippen LogP contribution in [0.2, 0.25) is 0 Å². The number of hydrogen-bond donors (Lipinski definition) is 1. The van der Waals surface area contributed by atoms with Crippen molar-refractivity contribution in [2.75, 3.05) is 0 Å². The van der Waals surface area contributed by atoms with Gasteiger partial charge in [0.1, 0.15) is 10.0 Å². The number of carbonyl (C=O) groups is 1. The summed E-state index contributed by atoms with van der Waals surface area (Å²) in [5.74, 6) is -0.961. The zero-order valence-electron chi connectivity index (χ0n) is 11.7. The van der Waals surface area contributed by atoms with Crippen molar-refractivity contribution >= 4 is 33.3 Å². The molecule has 1 aromatic heterocycles. The average Bonchev–Trinajstić information content (AvgIpc) is 2.88. The van der Waals surface area contributed by atoms with Crippen LogP contribution in [0.15, 0.2) is 46.7 Å². The molecular weight excluding hydrogens is 325 g/mol. The lowest BCUT2D eigenvalue weighted by Gasteiger charge is -2.02. The lowest BCUT2D eigenvalue weighted by molar-refractivity contribution is -0.118. The molecule has 0 spiro atoms. The Hall–Kier alpha value is -1.99. The molecule has 0 saturated carbocycles. The zero-order valence-corrected chi connectivity index (χ0v) is 13.4. The summed E-state index contributed by atoms with van der Waals surface area (Å²) in [4.78, 5) is 12.5. The molecule has 2 aromatic rings. The highest BCUT2D eigenvalue weighted by molar-refractivity contribution is 7.92. The van der Waals surface area contributed by atoms with Gasteiger partial charge < -0.3 is 0 Å². The first-order valence-electron chi connectivity index (χ1n) is 6.41. The molecule has 0 saturated heterocycles. The maximum atomic E-state index is 12.7. The predicted molar refractivity (Wildman–Crippen MR) is 84.4 cm³/mol. The molecule has 1 aromatic carbocycles. The molecule has 116 valence electrons. The van der Waals surface area contributed by atoms with Crippen molar-refractivity contribution in [3.8, 4) is 0 Å². The second kappa shape index (κ2) is 6.85. The molecule has 0 atom stereocenters. The maximum absolute atomic E-state index is 12.7. The van der Waals surface area contributed by atoms with Gasteiger partial charge in [0.2, 0.25) is 5.91 Å². The minimum Gasteiger partial charge on any atom is -0.274 e. The van der Waals surface area contributed by atoms with E-state index in [0.717, 1.165) is 21.8 Å². The number of halogens is 1. The van der Waals surface area contributed by atoms with E-state index in [9.17, 15) is 17.6 Å². The highest BCUT2D eigenvalue weighted by Crippen LogP contribution is 2.20. The Morgan fingerprint density at radius 3 is 2.50 bits per heavy atom. The lowest BCUT2D eigenvalue weighted by Crippen LogP contribution is -2.29. The third-order valence-electron chi connectivity index (χ3n) is 2.71. The van der Waals surface area contributed by atoms with Gasteiger partial charge in [0.05, 0.1) is 0 Å². The van der Waals surface area contributed by atoms with Crippen LogP contribution in [-0.2, 0) is 14.8 Å². The number of nitrogens with one attached hydrogen (secondary N) is 1. The van der Waals surface area contributed by atoms with Gasteiger partial charge in [-0.15, -0.1) is 11.3 Å². The van der Waals surface area contributed by atoms with Gasteiger partial charge in [0.25, 0.3) is 10.0 Å². The number of rotatable bonds is 5. The first-order chi connectivity index (χ1) is 10.4. The Balaban J connectivity index is 1.94. The quantitative estimate of drug-likeness (QED) is 0.910. The van der Waals surface area contributed by atoms with Crippen LogP contribution >= 0.6 is 11.3 Å². The van der Waals surface area contributed by atoms with Gasteiger partial charge >= 0.3 is 0 Å². The van der Waals surface area contributed by atoms with Crippen LogP contribution < -0.4 is 4.72 Å². The molecule has 1 N–H and O–H groups in total. The topological polar surface area (TPSA) is 63.2 Å². The second-order valence-electron chi connectivity index (χ2n) is 4.55. The van der Waals surface area contributed by atoms with E-state index in [1.165, 1.54) is 24.3 Å². The molecular formula is C15H14FNO3S2. The van der Waals surface area contributed by atoms with Gasteiger partial charge in [-0.1, -0.05) is 24.3 Å². The van der Waals surface area contributed by atoms with E-state index in [0.29, 0.717) is 0 Å². The fraction of sp³-hybridized carbons (Fsp3) is 0.133. The van der Waals surface area contributed by atoms with Gasteiger partial charge in [0, 0.05) is 11.3 Å². The number of benzene rings is 1. The molecule has 0 aliphatic carbocycles. The van der Waals surface area contributed by atoms with Crippen LogP contribution in [0, 0.1) is 12.7 Å². The minimum atomic E-state index is -3.80. The number of aryl methyl sites for hydroxylation is 1. The smallest absolute Gasteiger partial charge is 0.273 e. The lowest BCUT2D eigenvalue weighted by atomic mass is 10.2. The molecule has 0 bridgehead atoms. The summed E-state index contributed by atoms with van der Waals surface area (Å²) in [6.45, 7) is 1.79. The SMILES string of the molecule is Cc1ccc(S(=O)(=O)NC(=O)C/C=C/c2ccc(F)cc2)s1. The second-order valence-corrected chi connectivity index (χ2v) is 7.75. The van der Waals surface area contributed by atoms with Gasteiger partial charge in [-0.2, -0.15) is 0 Å². The van der Waals surface area contributed by atoms with E-state index in [4.69, 9.17) is 0 Å². The van der Waals surface area contributed by atoms with Crippen LogP contribution in [0.25, 0.3) is 6.08 Å². The summed E-state index contributed by atoms with van der Waals surface area (Å²) in [6, 6.07) is 8.89. The number of thiophene rings is 1. The van der Waals surface area contributed by atoms with Crippen molar-refractivity contribution in [1.29, 1.82) is 0 Å². The molecule has 4 nitrogen and oxygen atoms in total. The average molecular weight is 339 g/mol. The van der Waals surface area contributed by atoms with E-state index in [2.05, 4.69) is 0 Å². The molecule has 0 radical (unpaired) electrons. The van der Waals surface area contributed by atoms with Crippen molar-refractivity contribution in [1.82, 2.24) is 4.72 Å². The Labute approximate surface area is 132 Å². The van der Waals surface area contributed by atoms with Crippen LogP contribution in [0.5, 0.6) is 0 Å². The summed E-state index contributed by atoms with van der Waals surface area (Å²) >= 11 is 1.10. The first kappa shape index (κ1) is 16.4. The third kappa shape index (κ3) is 4.51. The van der Waals surface area contributed by atoms with Crippen LogP contribution in [0.4, 0.5) is 4.39 Å². The number of amides is 1. The van der Waals surface area contributed by atoms with Crippen molar-refractivity contribution < 1.29 is 17.6 Å². The molecule has 1 heterocycles. The maximum Gasteiger partial charge on any atom is 0.273 e. The molecule has 0 aliphatic heterocycles. The normalized spacial score (nSPS) is 11.7. The molecule has 2 rings (SSSR count). The fourth-order valence-corrected chi connectivity index (χ4v) is 3.95. The largest absolute Gasteiger partial charge is 0.274 e. The van der Waals surface area contributed by atoms with Gasteiger partial charge in [0.15, 0.2) is 0 Å². The van der Waals surface area contributed by atoms with Crippen molar-refractivity contribution in [2.24, 2.45) is 0 Å². The monoisotopic (exact) mass is 339 g/mol. The summed E-state index contributed by atoms with van der Waals surface area (Å²) in [5.41, 5.74) is 0.728. The van der Waals surface area contributed by atoms with Crippen LogP contribution in [0.3, 0.4) is 0 Å². The fourth-order valence-electron chi connectivity index (χ4n) is 1.67. The summed E-state index contributed by atoms with van der Waals surface area (Å²) in [5, 5.41) is 0. The van der Waals surface area contributed by atoms with E-state index in [1.54, 1.807) is 31.2 Å². The summed E-state index contributed by atoms with van der Waals surface area (Å²) in [6.07, 6.45) is 3.07. The Bertz CT molecular complexity index is 792. The predicted octanol–water partition coefficient (Wildman–Crippen LogP) is 3.10. The van der Waals surface area contributed by atoms with E-state index < -0.39 is 15.9 Å². The molecule has 0 fully saturated rings. The molecule has 22 heavy (non-hydrogen) atoms. The van der Waals surface area contributed by atoms with Crippen molar-refractivity contribution in [3.05, 3.63) is 58.7 Å². The summed E-state index contributed by atoms with van der Waals surface area (Å²) in [7, 11) is -3.80. The molecule has 0 unspecified atom stereocenters. The standard InChI is InChI=1S/C15H14FNO3S2/c1-11-5-10-15(21-11)22(19,20)17-14(18)4-2-3-12-6-8-13(16)9-7-12/h2-3,5-10H,4H2,1H3,(H,17,18)/b3-2+. The first-order valence-corrected chi connectivity index (χ1v) is 8.71. The highest BCUT2D eigenvalue weighted by atomic mass is 32.2. The molecule has 0 aliphatic rings. The van der Waals surface area contributed by atoms with Gasteiger partial charge in [-0.3, -0.25) is 4.79 Å². The van der Waals surface area contributed by atoms with Crippen LogP contribution in [0.1, 0.15) is 16.9 Å². The van der Waals surface area contributed by atoms with Crippen molar-refractivity contribution in [3.63, 3.8) is 0 Å². The van der Waals surface area contributed by atoms with E-state index >= 15 is 0 Å². The summed E-state index contributed by atoms with van der Waals surface area (Å²) < 4.78 is 38.7. The van der Waals surface area contributed by atoms with Crippen LogP contribution in [-0.4, -0.2) is 14.3 Å². The Morgan fingerprint density at radius 1 is 1.23 bits per heavy atom. The van der Waals surface area contributed by atoms with E-state index in [1.807, 2.05) is 4.72 Å².